The monoisotopic (exact) mass is 310 g/mol. The van der Waals surface area contributed by atoms with Crippen molar-refractivity contribution in [3.63, 3.8) is 0 Å². The Labute approximate surface area is 136 Å². The van der Waals surface area contributed by atoms with Crippen molar-refractivity contribution in [3.05, 3.63) is 30.2 Å². The zero-order valence-electron chi connectivity index (χ0n) is 13.5. The number of aromatic nitrogens is 2. The molecule has 6 rings (SSSR count). The molecule has 0 aliphatic heterocycles. The second-order valence-electron chi connectivity index (χ2n) is 7.85. The fourth-order valence-electron chi connectivity index (χ4n) is 5.69. The van der Waals surface area contributed by atoms with Crippen LogP contribution in [-0.2, 0) is 5.41 Å². The second kappa shape index (κ2) is 4.83. The summed E-state index contributed by atoms with van der Waals surface area (Å²) in [5.74, 6) is 5.04. The second-order valence-corrected chi connectivity index (χ2v) is 7.85. The van der Waals surface area contributed by atoms with Gasteiger partial charge in [0.15, 0.2) is 0 Å². The summed E-state index contributed by atoms with van der Waals surface area (Å²) in [6.45, 7) is 0. The van der Waals surface area contributed by atoms with E-state index >= 15 is 0 Å². The summed E-state index contributed by atoms with van der Waals surface area (Å²) in [5.41, 5.74) is 1.13. The summed E-state index contributed by atoms with van der Waals surface area (Å²) in [7, 11) is 1.68. The third kappa shape index (κ3) is 2.11. The van der Waals surface area contributed by atoms with E-state index in [9.17, 15) is 0 Å². The number of rotatable bonds is 3. The largest absolute Gasteiger partial charge is 0.497 e. The molecule has 1 aromatic heterocycles. The summed E-state index contributed by atoms with van der Waals surface area (Å²) in [6, 6.07) is 7.88. The molecule has 23 heavy (non-hydrogen) atoms. The van der Waals surface area contributed by atoms with Gasteiger partial charge in [0.25, 0.3) is 0 Å². The van der Waals surface area contributed by atoms with Crippen LogP contribution in [0.3, 0.4) is 0 Å². The quantitative estimate of drug-likeness (QED) is 0.852. The van der Waals surface area contributed by atoms with Gasteiger partial charge in [0, 0.05) is 5.56 Å². The lowest BCUT2D eigenvalue weighted by Crippen LogP contribution is -2.48. The Balaban J connectivity index is 1.49. The van der Waals surface area contributed by atoms with Gasteiger partial charge >= 0.3 is 0 Å². The van der Waals surface area contributed by atoms with E-state index in [2.05, 4.69) is 5.16 Å². The molecule has 0 amide bonds. The van der Waals surface area contributed by atoms with Gasteiger partial charge in [0.2, 0.25) is 11.7 Å². The van der Waals surface area contributed by atoms with E-state index in [1.54, 1.807) is 7.11 Å². The number of nitrogens with zero attached hydrogens (tertiary/aromatic N) is 2. The number of methoxy groups -OCH3 is 1. The van der Waals surface area contributed by atoms with Crippen LogP contribution in [0.2, 0.25) is 0 Å². The SMILES string of the molecule is COc1cccc(-c2noc(C34CC5CC(CC(C5)C3)C4)n2)c1. The molecule has 4 aliphatic carbocycles. The van der Waals surface area contributed by atoms with E-state index in [1.165, 1.54) is 38.5 Å². The minimum Gasteiger partial charge on any atom is -0.497 e. The molecule has 1 heterocycles. The summed E-state index contributed by atoms with van der Waals surface area (Å²) < 4.78 is 11.1. The lowest BCUT2D eigenvalue weighted by molar-refractivity contribution is -0.0201. The van der Waals surface area contributed by atoms with E-state index in [-0.39, 0.29) is 5.41 Å². The average Bonchev–Trinajstić information content (AvgIpc) is 3.04. The molecule has 4 aliphatic rings. The lowest BCUT2D eigenvalue weighted by atomic mass is 9.49. The Hall–Kier alpha value is -1.84. The van der Waals surface area contributed by atoms with Crippen molar-refractivity contribution in [3.8, 4) is 17.1 Å². The van der Waals surface area contributed by atoms with Gasteiger partial charge in [-0.1, -0.05) is 17.3 Å². The van der Waals surface area contributed by atoms with Gasteiger partial charge in [0.05, 0.1) is 12.5 Å². The summed E-state index contributed by atoms with van der Waals surface area (Å²) in [6.07, 6.45) is 8.03. The van der Waals surface area contributed by atoms with Crippen molar-refractivity contribution < 1.29 is 9.26 Å². The van der Waals surface area contributed by atoms with Gasteiger partial charge in [-0.25, -0.2) is 0 Å². The molecule has 120 valence electrons. The van der Waals surface area contributed by atoms with Crippen LogP contribution in [0.15, 0.2) is 28.8 Å². The molecule has 0 unspecified atom stereocenters. The lowest BCUT2D eigenvalue weighted by Gasteiger charge is -2.55. The highest BCUT2D eigenvalue weighted by Gasteiger charge is 2.54. The van der Waals surface area contributed by atoms with E-state index in [0.717, 1.165) is 35.0 Å². The molecule has 0 saturated heterocycles. The molecule has 0 spiro atoms. The Bertz CT molecular complexity index is 701. The molecule has 0 radical (unpaired) electrons. The summed E-state index contributed by atoms with van der Waals surface area (Å²) >= 11 is 0. The van der Waals surface area contributed by atoms with Crippen molar-refractivity contribution in [2.45, 2.75) is 43.9 Å². The van der Waals surface area contributed by atoms with Crippen LogP contribution >= 0.6 is 0 Å². The first kappa shape index (κ1) is 13.6. The van der Waals surface area contributed by atoms with Crippen molar-refractivity contribution in [1.82, 2.24) is 10.1 Å². The van der Waals surface area contributed by atoms with Gasteiger partial charge in [-0.15, -0.1) is 0 Å². The molecular weight excluding hydrogens is 288 g/mol. The van der Waals surface area contributed by atoms with Crippen LogP contribution in [0.1, 0.15) is 44.4 Å². The fourth-order valence-corrected chi connectivity index (χ4v) is 5.69. The van der Waals surface area contributed by atoms with E-state index in [0.29, 0.717) is 5.82 Å². The minimum absolute atomic E-state index is 0.166. The maximum Gasteiger partial charge on any atom is 0.233 e. The van der Waals surface area contributed by atoms with Crippen molar-refractivity contribution >= 4 is 0 Å². The third-order valence-corrected chi connectivity index (χ3v) is 6.25. The molecular formula is C19H22N2O2. The molecule has 2 aromatic rings. The average molecular weight is 310 g/mol. The van der Waals surface area contributed by atoms with Gasteiger partial charge in [0.1, 0.15) is 5.75 Å². The van der Waals surface area contributed by atoms with Crippen LogP contribution in [0.4, 0.5) is 0 Å². The smallest absolute Gasteiger partial charge is 0.233 e. The van der Waals surface area contributed by atoms with Crippen LogP contribution < -0.4 is 4.74 Å². The Morgan fingerprint density at radius 1 is 1.09 bits per heavy atom. The molecule has 0 atom stereocenters. The van der Waals surface area contributed by atoms with E-state index in [1.807, 2.05) is 24.3 Å². The molecule has 4 heteroatoms. The van der Waals surface area contributed by atoms with Crippen LogP contribution in [-0.4, -0.2) is 17.3 Å². The fraction of sp³-hybridized carbons (Fsp3) is 0.579. The van der Waals surface area contributed by atoms with E-state index < -0.39 is 0 Å². The van der Waals surface area contributed by atoms with Crippen LogP contribution in [0.25, 0.3) is 11.4 Å². The van der Waals surface area contributed by atoms with Gasteiger partial charge in [-0.3, -0.25) is 0 Å². The summed E-state index contributed by atoms with van der Waals surface area (Å²) in [5, 5.41) is 4.28. The zero-order valence-corrected chi connectivity index (χ0v) is 13.5. The first-order valence-electron chi connectivity index (χ1n) is 8.73. The standard InChI is InChI=1S/C19H22N2O2/c1-22-16-4-2-3-15(8-16)17-20-18(23-21-17)19-9-12-5-13(10-19)7-14(6-12)11-19/h2-4,8,12-14H,5-7,9-11H2,1H3. The first-order valence-corrected chi connectivity index (χ1v) is 8.73. The maximum absolute atomic E-state index is 5.78. The minimum atomic E-state index is 0.166. The van der Waals surface area contributed by atoms with Crippen LogP contribution in [0.5, 0.6) is 5.75 Å². The Morgan fingerprint density at radius 3 is 2.43 bits per heavy atom. The highest BCUT2D eigenvalue weighted by atomic mass is 16.5. The number of benzene rings is 1. The number of hydrogen-bond acceptors (Lipinski definition) is 4. The predicted molar refractivity (Wildman–Crippen MR) is 86.1 cm³/mol. The Morgan fingerprint density at radius 2 is 1.78 bits per heavy atom. The molecule has 4 nitrogen and oxygen atoms in total. The van der Waals surface area contributed by atoms with Gasteiger partial charge in [-0.2, -0.15) is 4.98 Å². The molecule has 0 N–H and O–H groups in total. The number of hydrogen-bond donors (Lipinski definition) is 0. The molecule has 4 fully saturated rings. The predicted octanol–water partition coefficient (Wildman–Crippen LogP) is 4.21. The highest BCUT2D eigenvalue weighted by molar-refractivity contribution is 5.57. The molecule has 4 saturated carbocycles. The van der Waals surface area contributed by atoms with Crippen LogP contribution in [0, 0.1) is 17.8 Å². The van der Waals surface area contributed by atoms with Crippen molar-refractivity contribution in [2.75, 3.05) is 7.11 Å². The van der Waals surface area contributed by atoms with E-state index in [4.69, 9.17) is 14.2 Å². The van der Waals surface area contributed by atoms with Crippen molar-refractivity contribution in [2.24, 2.45) is 17.8 Å². The van der Waals surface area contributed by atoms with Crippen molar-refractivity contribution in [1.29, 1.82) is 0 Å². The topological polar surface area (TPSA) is 48.2 Å². The molecule has 4 bridgehead atoms. The normalized spacial score (nSPS) is 34.7. The third-order valence-electron chi connectivity index (χ3n) is 6.25. The Kier molecular flexibility index (Phi) is 2.85. The van der Waals surface area contributed by atoms with Gasteiger partial charge < -0.3 is 9.26 Å². The summed E-state index contributed by atoms with van der Waals surface area (Å²) in [4.78, 5) is 4.81. The highest BCUT2D eigenvalue weighted by Crippen LogP contribution is 2.60. The molecule has 1 aromatic carbocycles. The maximum atomic E-state index is 5.78. The zero-order chi connectivity index (χ0) is 15.4. The van der Waals surface area contributed by atoms with Gasteiger partial charge in [-0.05, 0) is 68.4 Å². The number of ether oxygens (including phenoxy) is 1. The first-order chi connectivity index (χ1) is 11.2.